The standard InChI is InChI=1S/C23H31N7O2/c1-27-9-4-5-16(11-27)12-28(2)22-25-20-15-30(23(31)32)13-18(20)21(26-22)29-10-7-17-6-3-8-24-19(17)14-29/h3,6,8,16H,4-5,7,9-15H2,1-2H3,(H,31,32). The van der Waals surface area contributed by atoms with Crippen LogP contribution in [0.25, 0.3) is 0 Å². The number of likely N-dealkylation sites (tertiary alicyclic amines) is 1. The van der Waals surface area contributed by atoms with Crippen molar-refractivity contribution in [3.8, 4) is 0 Å². The van der Waals surface area contributed by atoms with Crippen LogP contribution in [0.5, 0.6) is 0 Å². The Hall–Kier alpha value is -2.94. The van der Waals surface area contributed by atoms with Gasteiger partial charge in [0.25, 0.3) is 0 Å². The lowest BCUT2D eigenvalue weighted by molar-refractivity contribution is 0.145. The monoisotopic (exact) mass is 437 g/mol. The fraction of sp³-hybridized carbons (Fsp3) is 0.565. The maximum Gasteiger partial charge on any atom is 0.407 e. The zero-order valence-corrected chi connectivity index (χ0v) is 18.9. The summed E-state index contributed by atoms with van der Waals surface area (Å²) in [6.45, 7) is 5.32. The summed E-state index contributed by atoms with van der Waals surface area (Å²) in [4.78, 5) is 34.3. The fourth-order valence-corrected chi connectivity index (χ4v) is 5.22. The van der Waals surface area contributed by atoms with Crippen LogP contribution < -0.4 is 9.80 Å². The van der Waals surface area contributed by atoms with Crippen molar-refractivity contribution in [3.63, 3.8) is 0 Å². The molecular weight excluding hydrogens is 406 g/mol. The van der Waals surface area contributed by atoms with E-state index < -0.39 is 6.09 Å². The van der Waals surface area contributed by atoms with E-state index >= 15 is 0 Å². The Morgan fingerprint density at radius 2 is 2.09 bits per heavy atom. The smallest absolute Gasteiger partial charge is 0.407 e. The van der Waals surface area contributed by atoms with Crippen LogP contribution in [0.4, 0.5) is 16.6 Å². The summed E-state index contributed by atoms with van der Waals surface area (Å²) in [6, 6.07) is 4.12. The van der Waals surface area contributed by atoms with E-state index in [0.29, 0.717) is 31.5 Å². The van der Waals surface area contributed by atoms with E-state index in [1.54, 1.807) is 0 Å². The summed E-state index contributed by atoms with van der Waals surface area (Å²) < 4.78 is 0. The molecule has 1 saturated heterocycles. The molecule has 0 spiro atoms. The Bertz CT molecular complexity index is 1010. The predicted octanol–water partition coefficient (Wildman–Crippen LogP) is 2.21. The molecular formula is C23H31N7O2. The number of fused-ring (bicyclic) bond motifs is 2. The predicted molar refractivity (Wildman–Crippen MR) is 122 cm³/mol. The number of nitrogens with zero attached hydrogens (tertiary/aromatic N) is 7. The highest BCUT2D eigenvalue weighted by molar-refractivity contribution is 5.68. The van der Waals surface area contributed by atoms with Crippen molar-refractivity contribution in [2.75, 3.05) is 50.1 Å². The van der Waals surface area contributed by atoms with Gasteiger partial charge in [-0.05, 0) is 50.4 Å². The van der Waals surface area contributed by atoms with Gasteiger partial charge in [-0.3, -0.25) is 9.88 Å². The van der Waals surface area contributed by atoms with Crippen LogP contribution in [-0.4, -0.2) is 76.2 Å². The second-order valence-corrected chi connectivity index (χ2v) is 9.34. The molecule has 5 rings (SSSR count). The molecule has 1 atom stereocenters. The van der Waals surface area contributed by atoms with Gasteiger partial charge in [-0.2, -0.15) is 4.98 Å². The SMILES string of the molecule is CN1CCCC(CN(C)c2nc3c(c(N4CCc5cccnc5C4)n2)CN(C(=O)O)C3)C1. The van der Waals surface area contributed by atoms with Crippen LogP contribution in [0.1, 0.15) is 35.4 Å². The molecule has 1 amide bonds. The van der Waals surface area contributed by atoms with Gasteiger partial charge >= 0.3 is 6.09 Å². The molecule has 170 valence electrons. The van der Waals surface area contributed by atoms with Gasteiger partial charge in [0.2, 0.25) is 5.95 Å². The topological polar surface area (TPSA) is 88.9 Å². The summed E-state index contributed by atoms with van der Waals surface area (Å²) >= 11 is 0. The zero-order valence-electron chi connectivity index (χ0n) is 18.9. The quantitative estimate of drug-likeness (QED) is 0.779. The number of carbonyl (C=O) groups is 1. The minimum atomic E-state index is -0.917. The lowest BCUT2D eigenvalue weighted by Gasteiger charge is -2.33. The number of amides is 1. The van der Waals surface area contributed by atoms with E-state index in [9.17, 15) is 9.90 Å². The largest absolute Gasteiger partial charge is 0.465 e. The van der Waals surface area contributed by atoms with Crippen molar-refractivity contribution in [1.82, 2.24) is 24.8 Å². The number of carboxylic acid groups (broad SMARTS) is 1. The van der Waals surface area contributed by atoms with Crippen molar-refractivity contribution < 1.29 is 9.90 Å². The summed E-state index contributed by atoms with van der Waals surface area (Å²) in [5.74, 6) is 2.13. The number of piperidine rings is 1. The van der Waals surface area contributed by atoms with Gasteiger partial charge in [-0.1, -0.05) is 6.07 Å². The molecule has 0 aliphatic carbocycles. The maximum atomic E-state index is 11.7. The van der Waals surface area contributed by atoms with Crippen LogP contribution in [0.2, 0.25) is 0 Å². The van der Waals surface area contributed by atoms with Crippen LogP contribution in [0.15, 0.2) is 18.3 Å². The Labute approximate surface area is 188 Å². The number of hydrogen-bond acceptors (Lipinski definition) is 7. The van der Waals surface area contributed by atoms with Gasteiger partial charge < -0.3 is 19.8 Å². The first-order valence-electron chi connectivity index (χ1n) is 11.4. The molecule has 0 radical (unpaired) electrons. The van der Waals surface area contributed by atoms with Gasteiger partial charge in [0.15, 0.2) is 0 Å². The number of hydrogen-bond donors (Lipinski definition) is 1. The molecule has 9 heteroatoms. The second-order valence-electron chi connectivity index (χ2n) is 9.34. The average molecular weight is 438 g/mol. The lowest BCUT2D eigenvalue weighted by atomic mass is 9.98. The molecule has 0 bridgehead atoms. The molecule has 1 N–H and O–H groups in total. The van der Waals surface area contributed by atoms with Crippen LogP contribution in [0, 0.1) is 5.92 Å². The molecule has 2 aromatic rings. The van der Waals surface area contributed by atoms with Crippen molar-refractivity contribution in [2.24, 2.45) is 5.92 Å². The molecule has 5 heterocycles. The average Bonchev–Trinajstić information content (AvgIpc) is 3.23. The van der Waals surface area contributed by atoms with Crippen molar-refractivity contribution in [1.29, 1.82) is 0 Å². The van der Waals surface area contributed by atoms with Gasteiger partial charge in [-0.25, -0.2) is 9.78 Å². The maximum absolute atomic E-state index is 11.7. The molecule has 3 aliphatic heterocycles. The summed E-state index contributed by atoms with van der Waals surface area (Å²) in [7, 11) is 4.23. The third-order valence-electron chi connectivity index (χ3n) is 6.89. The Morgan fingerprint density at radius 3 is 2.91 bits per heavy atom. The highest BCUT2D eigenvalue weighted by Gasteiger charge is 2.32. The minimum absolute atomic E-state index is 0.315. The highest BCUT2D eigenvalue weighted by Crippen LogP contribution is 2.33. The molecule has 0 saturated carbocycles. The lowest BCUT2D eigenvalue weighted by Crippen LogP contribution is -2.39. The normalized spacial score (nSPS) is 20.8. The molecule has 2 aromatic heterocycles. The van der Waals surface area contributed by atoms with E-state index in [-0.39, 0.29) is 0 Å². The zero-order chi connectivity index (χ0) is 22.2. The minimum Gasteiger partial charge on any atom is -0.465 e. The highest BCUT2D eigenvalue weighted by atomic mass is 16.4. The van der Waals surface area contributed by atoms with E-state index in [1.807, 2.05) is 12.3 Å². The third kappa shape index (κ3) is 4.09. The molecule has 1 fully saturated rings. The van der Waals surface area contributed by atoms with Gasteiger partial charge in [0, 0.05) is 38.4 Å². The third-order valence-corrected chi connectivity index (χ3v) is 6.89. The summed E-state index contributed by atoms with van der Waals surface area (Å²) in [5.41, 5.74) is 4.10. The Kier molecular flexibility index (Phi) is 5.58. The summed E-state index contributed by atoms with van der Waals surface area (Å²) in [5, 5.41) is 9.58. The molecule has 32 heavy (non-hydrogen) atoms. The number of rotatable bonds is 4. The molecule has 3 aliphatic rings. The Balaban J connectivity index is 1.44. The Morgan fingerprint density at radius 1 is 1.22 bits per heavy atom. The first-order valence-corrected chi connectivity index (χ1v) is 11.4. The first-order chi connectivity index (χ1) is 15.5. The second kappa shape index (κ2) is 8.54. The number of aromatic nitrogens is 3. The first kappa shape index (κ1) is 20.9. The van der Waals surface area contributed by atoms with E-state index in [4.69, 9.17) is 9.97 Å². The molecule has 9 nitrogen and oxygen atoms in total. The van der Waals surface area contributed by atoms with Crippen LogP contribution >= 0.6 is 0 Å². The number of anilines is 2. The van der Waals surface area contributed by atoms with Crippen molar-refractivity contribution in [3.05, 3.63) is 40.8 Å². The van der Waals surface area contributed by atoms with Gasteiger partial charge in [0.1, 0.15) is 5.82 Å². The fourth-order valence-electron chi connectivity index (χ4n) is 5.22. The van der Waals surface area contributed by atoms with E-state index in [0.717, 1.165) is 55.4 Å². The van der Waals surface area contributed by atoms with Crippen molar-refractivity contribution >= 4 is 17.9 Å². The molecule has 0 aromatic carbocycles. The van der Waals surface area contributed by atoms with Gasteiger partial charge in [-0.15, -0.1) is 0 Å². The van der Waals surface area contributed by atoms with E-state index in [1.165, 1.54) is 23.3 Å². The van der Waals surface area contributed by atoms with Crippen LogP contribution in [-0.2, 0) is 26.1 Å². The number of pyridine rings is 1. The van der Waals surface area contributed by atoms with Crippen LogP contribution in [0.3, 0.4) is 0 Å². The van der Waals surface area contributed by atoms with Crippen molar-refractivity contribution in [2.45, 2.75) is 38.9 Å². The van der Waals surface area contributed by atoms with Gasteiger partial charge in [0.05, 0.1) is 31.0 Å². The summed E-state index contributed by atoms with van der Waals surface area (Å²) in [6.07, 6.45) is 4.26. The molecule has 1 unspecified atom stereocenters. The van der Waals surface area contributed by atoms with E-state index in [2.05, 4.69) is 39.8 Å².